The fourth-order valence-electron chi connectivity index (χ4n) is 2.99. The second kappa shape index (κ2) is 5.37. The van der Waals surface area contributed by atoms with Crippen LogP contribution in [0.5, 0.6) is 0 Å². The minimum atomic E-state index is 0.169. The minimum absolute atomic E-state index is 0.169. The van der Waals surface area contributed by atoms with Crippen molar-refractivity contribution in [2.75, 3.05) is 26.7 Å². The van der Waals surface area contributed by atoms with E-state index in [-0.39, 0.29) is 5.91 Å². The molecule has 1 aromatic rings. The molecule has 4 nitrogen and oxygen atoms in total. The Morgan fingerprint density at radius 3 is 3.00 bits per heavy atom. The van der Waals surface area contributed by atoms with Gasteiger partial charge >= 0.3 is 0 Å². The molecule has 1 atom stereocenters. The third-order valence-corrected chi connectivity index (χ3v) is 4.22. The lowest BCUT2D eigenvalue weighted by Gasteiger charge is -2.28. The summed E-state index contributed by atoms with van der Waals surface area (Å²) in [5, 5.41) is 3.41. The van der Waals surface area contributed by atoms with Crippen LogP contribution in [0.3, 0.4) is 0 Å². The molecule has 1 amide bonds. The van der Waals surface area contributed by atoms with Crippen LogP contribution >= 0.6 is 0 Å². The molecular weight excluding hydrogens is 238 g/mol. The van der Waals surface area contributed by atoms with Gasteiger partial charge < -0.3 is 14.8 Å². The van der Waals surface area contributed by atoms with Crippen molar-refractivity contribution in [1.29, 1.82) is 0 Å². The van der Waals surface area contributed by atoms with E-state index in [9.17, 15) is 4.79 Å². The summed E-state index contributed by atoms with van der Waals surface area (Å²) in [5.74, 6) is 0.773. The molecular formula is C15H23N3O. The first-order valence-electron chi connectivity index (χ1n) is 7.38. The molecule has 3 rings (SSSR count). The third kappa shape index (κ3) is 2.84. The first-order valence-corrected chi connectivity index (χ1v) is 7.38. The number of hydrogen-bond donors (Lipinski definition) is 1. The zero-order valence-electron chi connectivity index (χ0n) is 11.6. The Balaban J connectivity index is 1.63. The Morgan fingerprint density at radius 2 is 2.32 bits per heavy atom. The van der Waals surface area contributed by atoms with Gasteiger partial charge in [-0.2, -0.15) is 0 Å². The average Bonchev–Trinajstić information content (AvgIpc) is 3.16. The number of piperidine rings is 1. The van der Waals surface area contributed by atoms with E-state index in [0.717, 1.165) is 25.3 Å². The molecule has 1 aliphatic carbocycles. The average molecular weight is 261 g/mol. The number of aromatic nitrogens is 1. The van der Waals surface area contributed by atoms with Crippen LogP contribution in [-0.2, 0) is 0 Å². The number of amides is 1. The molecule has 1 saturated heterocycles. The molecule has 19 heavy (non-hydrogen) atoms. The van der Waals surface area contributed by atoms with Crippen molar-refractivity contribution in [1.82, 2.24) is 14.8 Å². The molecule has 0 aromatic carbocycles. The molecule has 1 saturated carbocycles. The maximum Gasteiger partial charge on any atom is 0.270 e. The smallest absolute Gasteiger partial charge is 0.270 e. The summed E-state index contributed by atoms with van der Waals surface area (Å²) in [5.41, 5.74) is 0.855. The van der Waals surface area contributed by atoms with Gasteiger partial charge in [-0.1, -0.05) is 0 Å². The fraction of sp³-hybridized carbons (Fsp3) is 0.667. The van der Waals surface area contributed by atoms with Gasteiger partial charge in [0.05, 0.1) is 0 Å². The van der Waals surface area contributed by atoms with Crippen LogP contribution in [0.2, 0.25) is 0 Å². The second-order valence-electron chi connectivity index (χ2n) is 5.93. The summed E-state index contributed by atoms with van der Waals surface area (Å²) in [7, 11) is 1.93. The molecule has 2 heterocycles. The minimum Gasteiger partial charge on any atom is -0.340 e. The zero-order valence-corrected chi connectivity index (χ0v) is 11.6. The van der Waals surface area contributed by atoms with Crippen LogP contribution in [-0.4, -0.2) is 42.1 Å². The van der Waals surface area contributed by atoms with E-state index in [1.165, 1.54) is 25.7 Å². The zero-order chi connectivity index (χ0) is 13.2. The Hall–Kier alpha value is -1.29. The van der Waals surface area contributed by atoms with Gasteiger partial charge in [0, 0.05) is 25.8 Å². The van der Waals surface area contributed by atoms with Gasteiger partial charge in [-0.15, -0.1) is 0 Å². The Morgan fingerprint density at radius 1 is 1.47 bits per heavy atom. The molecule has 4 heteroatoms. The number of rotatable bonds is 4. The highest BCUT2D eigenvalue weighted by Gasteiger charge is 2.28. The lowest BCUT2D eigenvalue weighted by molar-refractivity contribution is 0.0754. The van der Waals surface area contributed by atoms with Gasteiger partial charge in [0.15, 0.2) is 0 Å². The SMILES string of the molecule is CN(CC1CCCNC1)C(=O)c1cccn1C1CC1. The van der Waals surface area contributed by atoms with Crippen molar-refractivity contribution in [3.63, 3.8) is 0 Å². The van der Waals surface area contributed by atoms with E-state index >= 15 is 0 Å². The van der Waals surface area contributed by atoms with E-state index < -0.39 is 0 Å². The maximum absolute atomic E-state index is 12.5. The van der Waals surface area contributed by atoms with E-state index in [2.05, 4.69) is 9.88 Å². The molecule has 1 aliphatic heterocycles. The van der Waals surface area contributed by atoms with Gasteiger partial charge in [-0.3, -0.25) is 4.79 Å². The molecule has 0 bridgehead atoms. The largest absolute Gasteiger partial charge is 0.340 e. The summed E-state index contributed by atoms with van der Waals surface area (Å²) in [6.45, 7) is 3.03. The van der Waals surface area contributed by atoms with E-state index in [1.807, 2.05) is 30.3 Å². The first-order chi connectivity index (χ1) is 9.25. The van der Waals surface area contributed by atoms with Crippen molar-refractivity contribution >= 4 is 5.91 Å². The van der Waals surface area contributed by atoms with Gasteiger partial charge in [-0.05, 0) is 56.8 Å². The summed E-state index contributed by atoms with van der Waals surface area (Å²) >= 11 is 0. The molecule has 1 unspecified atom stereocenters. The van der Waals surface area contributed by atoms with Crippen molar-refractivity contribution in [3.8, 4) is 0 Å². The van der Waals surface area contributed by atoms with Crippen molar-refractivity contribution in [3.05, 3.63) is 24.0 Å². The van der Waals surface area contributed by atoms with Crippen molar-refractivity contribution in [2.24, 2.45) is 5.92 Å². The molecule has 1 N–H and O–H groups in total. The number of nitrogens with one attached hydrogen (secondary N) is 1. The third-order valence-electron chi connectivity index (χ3n) is 4.22. The molecule has 0 spiro atoms. The van der Waals surface area contributed by atoms with Crippen LogP contribution in [0.4, 0.5) is 0 Å². The number of carbonyl (C=O) groups excluding carboxylic acids is 1. The highest BCUT2D eigenvalue weighted by molar-refractivity contribution is 5.92. The van der Waals surface area contributed by atoms with Crippen LogP contribution in [0, 0.1) is 5.92 Å². The normalized spacial score (nSPS) is 23.3. The van der Waals surface area contributed by atoms with Crippen LogP contribution in [0.25, 0.3) is 0 Å². The van der Waals surface area contributed by atoms with Crippen LogP contribution in [0.15, 0.2) is 18.3 Å². The lowest BCUT2D eigenvalue weighted by atomic mass is 9.99. The summed E-state index contributed by atoms with van der Waals surface area (Å²) in [6.07, 6.45) is 6.93. The summed E-state index contributed by atoms with van der Waals surface area (Å²) in [4.78, 5) is 14.4. The highest BCUT2D eigenvalue weighted by atomic mass is 16.2. The van der Waals surface area contributed by atoms with Crippen LogP contribution < -0.4 is 5.32 Å². The predicted octanol–water partition coefficient (Wildman–Crippen LogP) is 1.89. The summed E-state index contributed by atoms with van der Waals surface area (Å²) < 4.78 is 2.15. The van der Waals surface area contributed by atoms with Crippen molar-refractivity contribution < 1.29 is 4.79 Å². The topological polar surface area (TPSA) is 37.3 Å². The van der Waals surface area contributed by atoms with Crippen molar-refractivity contribution in [2.45, 2.75) is 31.7 Å². The maximum atomic E-state index is 12.5. The summed E-state index contributed by atoms with van der Waals surface area (Å²) in [6, 6.07) is 4.51. The number of hydrogen-bond acceptors (Lipinski definition) is 2. The molecule has 1 aromatic heterocycles. The molecule has 104 valence electrons. The first kappa shape index (κ1) is 12.7. The Labute approximate surface area is 114 Å². The monoisotopic (exact) mass is 261 g/mol. The molecule has 2 aliphatic rings. The van der Waals surface area contributed by atoms with Gasteiger partial charge in [0.2, 0.25) is 0 Å². The van der Waals surface area contributed by atoms with Gasteiger partial charge in [0.25, 0.3) is 5.91 Å². The van der Waals surface area contributed by atoms with Crippen LogP contribution in [0.1, 0.15) is 42.2 Å². The second-order valence-corrected chi connectivity index (χ2v) is 5.93. The van der Waals surface area contributed by atoms with E-state index in [0.29, 0.717) is 12.0 Å². The predicted molar refractivity (Wildman–Crippen MR) is 75.3 cm³/mol. The Bertz CT molecular complexity index is 444. The Kier molecular flexibility index (Phi) is 3.60. The highest BCUT2D eigenvalue weighted by Crippen LogP contribution is 2.36. The quantitative estimate of drug-likeness (QED) is 0.898. The van der Waals surface area contributed by atoms with Gasteiger partial charge in [-0.25, -0.2) is 0 Å². The molecule has 0 radical (unpaired) electrons. The lowest BCUT2D eigenvalue weighted by Crippen LogP contribution is -2.39. The molecule has 2 fully saturated rings. The standard InChI is InChI=1S/C15H23N3O/c1-17(11-12-4-2-8-16-10-12)15(19)14-5-3-9-18(14)13-6-7-13/h3,5,9,12-13,16H,2,4,6-8,10-11H2,1H3. The fourth-order valence-corrected chi connectivity index (χ4v) is 2.99. The van der Waals surface area contributed by atoms with E-state index in [4.69, 9.17) is 0 Å². The number of carbonyl (C=O) groups is 1. The van der Waals surface area contributed by atoms with E-state index in [1.54, 1.807) is 0 Å². The van der Waals surface area contributed by atoms with Gasteiger partial charge in [0.1, 0.15) is 5.69 Å². The number of nitrogens with zero attached hydrogens (tertiary/aromatic N) is 2.